The van der Waals surface area contributed by atoms with Crippen molar-refractivity contribution in [3.63, 3.8) is 0 Å². The fourth-order valence-corrected chi connectivity index (χ4v) is 2.81. The highest BCUT2D eigenvalue weighted by molar-refractivity contribution is 5.73. The molecule has 0 aliphatic heterocycles. The van der Waals surface area contributed by atoms with E-state index in [-0.39, 0.29) is 11.3 Å². The number of pyridine rings is 1. The first-order valence-electron chi connectivity index (χ1n) is 7.94. The molecule has 1 aromatic carbocycles. The summed E-state index contributed by atoms with van der Waals surface area (Å²) in [5, 5.41) is 9.24. The second-order valence-corrected chi connectivity index (χ2v) is 5.86. The smallest absolute Gasteiger partial charge is 0.284 e. The molecule has 0 aliphatic carbocycles. The van der Waals surface area contributed by atoms with E-state index in [0.717, 1.165) is 6.07 Å². The van der Waals surface area contributed by atoms with Gasteiger partial charge in [-0.2, -0.15) is 18.4 Å². The molecular weight excluding hydrogens is 374 g/mol. The van der Waals surface area contributed by atoms with Crippen molar-refractivity contribution >= 4 is 5.78 Å². The third kappa shape index (κ3) is 3.05. The maximum atomic E-state index is 13.6. The molecule has 0 fully saturated rings. The minimum atomic E-state index is -4.57. The standard InChI is InChI=1S/C19H9F4N5/c20-13-2-1-12(9-24)14(8-13)15-7-11(3-5-25-15)16-10-26-18-27-17(19(21,22)23)4-6-28(16)18/h1-8,10H. The summed E-state index contributed by atoms with van der Waals surface area (Å²) in [7, 11) is 0. The van der Waals surface area contributed by atoms with Crippen molar-refractivity contribution in [2.24, 2.45) is 0 Å². The quantitative estimate of drug-likeness (QED) is 0.479. The molecule has 3 heterocycles. The maximum absolute atomic E-state index is 13.6. The van der Waals surface area contributed by atoms with Crippen LogP contribution in [0.4, 0.5) is 17.6 Å². The summed E-state index contributed by atoms with van der Waals surface area (Å²) >= 11 is 0. The molecule has 3 aromatic heterocycles. The monoisotopic (exact) mass is 383 g/mol. The van der Waals surface area contributed by atoms with Gasteiger partial charge in [-0.15, -0.1) is 0 Å². The number of hydrogen-bond donors (Lipinski definition) is 0. The Morgan fingerprint density at radius 2 is 1.86 bits per heavy atom. The highest BCUT2D eigenvalue weighted by Gasteiger charge is 2.33. The van der Waals surface area contributed by atoms with Crippen LogP contribution in [0.2, 0.25) is 0 Å². The van der Waals surface area contributed by atoms with Crippen LogP contribution in [-0.4, -0.2) is 19.4 Å². The van der Waals surface area contributed by atoms with Gasteiger partial charge in [0.2, 0.25) is 5.78 Å². The van der Waals surface area contributed by atoms with Crippen molar-refractivity contribution in [2.75, 3.05) is 0 Å². The number of benzene rings is 1. The summed E-state index contributed by atoms with van der Waals surface area (Å²) < 4.78 is 53.5. The SMILES string of the molecule is N#Cc1ccc(F)cc1-c1cc(-c2cnc3nc(C(F)(F)F)ccn23)ccn1. The van der Waals surface area contributed by atoms with Crippen LogP contribution in [-0.2, 0) is 6.18 Å². The Labute approximate surface area is 155 Å². The highest BCUT2D eigenvalue weighted by Crippen LogP contribution is 2.30. The average Bonchev–Trinajstić information content (AvgIpc) is 3.10. The van der Waals surface area contributed by atoms with Crippen LogP contribution in [0.15, 0.2) is 55.0 Å². The van der Waals surface area contributed by atoms with Gasteiger partial charge in [0.25, 0.3) is 0 Å². The Morgan fingerprint density at radius 1 is 1.04 bits per heavy atom. The Morgan fingerprint density at radius 3 is 2.61 bits per heavy atom. The zero-order valence-corrected chi connectivity index (χ0v) is 13.9. The largest absolute Gasteiger partial charge is 0.433 e. The number of imidazole rings is 1. The third-order valence-corrected chi connectivity index (χ3v) is 4.10. The number of fused-ring (bicyclic) bond motifs is 1. The molecule has 0 saturated carbocycles. The van der Waals surface area contributed by atoms with E-state index in [9.17, 15) is 22.8 Å². The normalized spacial score (nSPS) is 11.5. The van der Waals surface area contributed by atoms with E-state index in [1.807, 2.05) is 6.07 Å². The molecule has 5 nitrogen and oxygen atoms in total. The van der Waals surface area contributed by atoms with Crippen LogP contribution in [0.5, 0.6) is 0 Å². The van der Waals surface area contributed by atoms with Crippen molar-refractivity contribution in [3.8, 4) is 28.6 Å². The van der Waals surface area contributed by atoms with Gasteiger partial charge in [0, 0.05) is 23.5 Å². The molecule has 138 valence electrons. The number of hydrogen-bond acceptors (Lipinski definition) is 4. The second kappa shape index (κ2) is 6.42. The molecule has 4 rings (SSSR count). The number of nitriles is 1. The zero-order valence-electron chi connectivity index (χ0n) is 13.9. The van der Waals surface area contributed by atoms with Gasteiger partial charge in [-0.1, -0.05) is 0 Å². The lowest BCUT2D eigenvalue weighted by Gasteiger charge is -2.08. The van der Waals surface area contributed by atoms with Gasteiger partial charge < -0.3 is 0 Å². The zero-order chi connectivity index (χ0) is 19.9. The van der Waals surface area contributed by atoms with Crippen molar-refractivity contribution in [1.29, 1.82) is 5.26 Å². The summed E-state index contributed by atoms with van der Waals surface area (Å²) in [5.41, 5.74) is 0.938. The summed E-state index contributed by atoms with van der Waals surface area (Å²) in [5.74, 6) is -0.619. The van der Waals surface area contributed by atoms with E-state index in [0.29, 0.717) is 22.5 Å². The predicted octanol–water partition coefficient (Wildman–Crippen LogP) is 4.49. The first kappa shape index (κ1) is 17.6. The Hall–Kier alpha value is -3.80. The fraction of sp³-hybridized carbons (Fsp3) is 0.0526. The van der Waals surface area contributed by atoms with Gasteiger partial charge in [0.05, 0.1) is 29.2 Å². The molecule has 0 N–H and O–H groups in total. The van der Waals surface area contributed by atoms with Crippen LogP contribution < -0.4 is 0 Å². The number of nitrogens with zero attached hydrogens (tertiary/aromatic N) is 5. The number of halogens is 4. The number of alkyl halides is 3. The summed E-state index contributed by atoms with van der Waals surface area (Å²) in [6.45, 7) is 0. The summed E-state index contributed by atoms with van der Waals surface area (Å²) in [6, 6.07) is 9.83. The lowest BCUT2D eigenvalue weighted by Crippen LogP contribution is -2.09. The Balaban J connectivity index is 1.83. The Bertz CT molecular complexity index is 1240. The van der Waals surface area contributed by atoms with Crippen LogP contribution in [0.3, 0.4) is 0 Å². The molecule has 9 heteroatoms. The van der Waals surface area contributed by atoms with Gasteiger partial charge >= 0.3 is 6.18 Å². The first-order chi connectivity index (χ1) is 13.4. The lowest BCUT2D eigenvalue weighted by atomic mass is 10.0. The highest BCUT2D eigenvalue weighted by atomic mass is 19.4. The van der Waals surface area contributed by atoms with Gasteiger partial charge in [-0.3, -0.25) is 9.38 Å². The van der Waals surface area contributed by atoms with Crippen LogP contribution in [0, 0.1) is 17.1 Å². The van der Waals surface area contributed by atoms with E-state index in [1.54, 1.807) is 12.1 Å². The van der Waals surface area contributed by atoms with E-state index in [1.165, 1.54) is 41.2 Å². The van der Waals surface area contributed by atoms with Crippen molar-refractivity contribution < 1.29 is 17.6 Å². The molecule has 0 unspecified atom stereocenters. The van der Waals surface area contributed by atoms with Gasteiger partial charge in [0.1, 0.15) is 11.5 Å². The van der Waals surface area contributed by atoms with Crippen LogP contribution in [0.25, 0.3) is 28.3 Å². The van der Waals surface area contributed by atoms with E-state index < -0.39 is 17.7 Å². The summed E-state index contributed by atoms with van der Waals surface area (Å²) in [4.78, 5) is 11.7. The van der Waals surface area contributed by atoms with Crippen molar-refractivity contribution in [3.05, 3.63) is 72.1 Å². The van der Waals surface area contributed by atoms with E-state index >= 15 is 0 Å². The lowest BCUT2D eigenvalue weighted by molar-refractivity contribution is -0.141. The summed E-state index contributed by atoms with van der Waals surface area (Å²) in [6.07, 6.45) is -0.481. The van der Waals surface area contributed by atoms with Gasteiger partial charge in [-0.25, -0.2) is 14.4 Å². The first-order valence-corrected chi connectivity index (χ1v) is 7.94. The molecule has 0 radical (unpaired) electrons. The topological polar surface area (TPSA) is 66.9 Å². The second-order valence-electron chi connectivity index (χ2n) is 5.86. The van der Waals surface area contributed by atoms with Crippen molar-refractivity contribution in [1.82, 2.24) is 19.4 Å². The average molecular weight is 383 g/mol. The molecule has 0 atom stereocenters. The molecular formula is C19H9F4N5. The molecule has 0 bridgehead atoms. The number of rotatable bonds is 2. The third-order valence-electron chi connectivity index (χ3n) is 4.10. The van der Waals surface area contributed by atoms with Crippen LogP contribution >= 0.6 is 0 Å². The molecule has 0 aliphatic rings. The van der Waals surface area contributed by atoms with Gasteiger partial charge in [-0.05, 0) is 36.4 Å². The molecule has 0 saturated heterocycles. The van der Waals surface area contributed by atoms with Crippen LogP contribution in [0.1, 0.15) is 11.3 Å². The van der Waals surface area contributed by atoms with Gasteiger partial charge in [0.15, 0.2) is 0 Å². The molecule has 0 spiro atoms. The Kier molecular flexibility index (Phi) is 4.04. The molecule has 4 aromatic rings. The van der Waals surface area contributed by atoms with Crippen molar-refractivity contribution in [2.45, 2.75) is 6.18 Å². The molecule has 28 heavy (non-hydrogen) atoms. The predicted molar refractivity (Wildman–Crippen MR) is 91.3 cm³/mol. The molecule has 0 amide bonds. The maximum Gasteiger partial charge on any atom is 0.433 e. The van der Waals surface area contributed by atoms with E-state index in [4.69, 9.17) is 0 Å². The minimum absolute atomic E-state index is 0.105. The number of aromatic nitrogens is 4. The fourth-order valence-electron chi connectivity index (χ4n) is 2.81. The minimum Gasteiger partial charge on any atom is -0.284 e. The van der Waals surface area contributed by atoms with E-state index in [2.05, 4.69) is 15.0 Å².